The molecule has 0 nitrogen and oxygen atoms in total. The van der Waals surface area contributed by atoms with Gasteiger partial charge in [0.2, 0.25) is 0 Å². The molecule has 0 aromatic heterocycles. The molecule has 2 rings (SSSR count). The summed E-state index contributed by atoms with van der Waals surface area (Å²) in [4.78, 5) is 0. The second-order valence-electron chi connectivity index (χ2n) is 3.02. The van der Waals surface area contributed by atoms with Gasteiger partial charge in [-0.25, -0.2) is 0 Å². The third kappa shape index (κ3) is 36.0. The maximum atomic E-state index is 2.12. The summed E-state index contributed by atoms with van der Waals surface area (Å²) in [6.07, 6.45) is 1.25. The Bertz CT molecular complexity index is 188. The van der Waals surface area contributed by atoms with Crippen molar-refractivity contribution in [2.24, 2.45) is 0 Å². The van der Waals surface area contributed by atoms with Gasteiger partial charge in [0.05, 0.1) is 0 Å². The molecule has 2 aromatic rings. The Morgan fingerprint density at radius 2 is 0.450 bits per heavy atom. The van der Waals surface area contributed by atoms with Gasteiger partial charge in [0.25, 0.3) is 0 Å². The van der Waals surface area contributed by atoms with Crippen LogP contribution in [0.2, 0.25) is 0 Å². The lowest BCUT2D eigenvalue weighted by Gasteiger charge is -1.69. The van der Waals surface area contributed by atoms with Gasteiger partial charge in [0.15, 0.2) is 0 Å². The molecule has 0 bridgehead atoms. The molecule has 0 amide bonds. The maximum absolute atomic E-state index is 2.12. The Morgan fingerprint density at radius 1 is 0.400 bits per heavy atom. The van der Waals surface area contributed by atoms with Crippen LogP contribution < -0.4 is 0 Å². The highest BCUT2D eigenvalue weighted by molar-refractivity contribution is 4.99. The fourth-order valence-corrected chi connectivity index (χ4v) is 0.770. The molecule has 0 aliphatic rings. The molecular weight excluding hydrogens is 240 g/mol. The van der Waals surface area contributed by atoms with Gasteiger partial charge in [-0.15, -0.1) is 0 Å². The van der Waals surface area contributed by atoms with Crippen LogP contribution in [-0.4, -0.2) is 0 Å². The van der Waals surface area contributed by atoms with E-state index in [2.05, 4.69) is 13.8 Å². The minimum Gasteiger partial charge on any atom is -0.0776 e. The summed E-state index contributed by atoms with van der Waals surface area (Å²) in [7, 11) is 0. The van der Waals surface area contributed by atoms with Crippen molar-refractivity contribution in [3.05, 3.63) is 72.8 Å². The number of rotatable bonds is 0. The lowest BCUT2D eigenvalue weighted by molar-refractivity contribution is 1.09. The molecule has 0 heterocycles. The van der Waals surface area contributed by atoms with Crippen molar-refractivity contribution in [2.75, 3.05) is 0 Å². The van der Waals surface area contributed by atoms with Gasteiger partial charge < -0.3 is 0 Å². The minimum atomic E-state index is 0. The number of benzene rings is 2. The highest BCUT2D eigenvalue weighted by atomic mass is 13.7. The van der Waals surface area contributed by atoms with Gasteiger partial charge >= 0.3 is 0 Å². The normalized spacial score (nSPS) is 6.30. The molecule has 0 saturated carbocycles. The van der Waals surface area contributed by atoms with Crippen LogP contribution in [-0.2, 0) is 0 Å². The van der Waals surface area contributed by atoms with E-state index in [1.54, 1.807) is 0 Å². The van der Waals surface area contributed by atoms with Gasteiger partial charge in [0, 0.05) is 0 Å². The van der Waals surface area contributed by atoms with Crippen LogP contribution in [0.3, 0.4) is 0 Å². The lowest BCUT2D eigenvalue weighted by atomic mass is 10.4. The second kappa shape index (κ2) is 36.0. The average molecular weight is 277 g/mol. The molecule has 0 aliphatic heterocycles. The molecule has 0 fully saturated rings. The van der Waals surface area contributed by atoms with Gasteiger partial charge in [-0.1, -0.05) is 128 Å². The zero-order chi connectivity index (χ0) is 15.2. The Hall–Kier alpha value is -1.56. The van der Waals surface area contributed by atoms with Gasteiger partial charge in [-0.2, -0.15) is 0 Å². The van der Waals surface area contributed by atoms with E-state index in [-0.39, 0.29) is 7.43 Å². The molecule has 0 atom stereocenters. The largest absolute Gasteiger partial charge is 0.0776 e. The zero-order valence-electron chi connectivity index (χ0n) is 13.6. The molecule has 2 aromatic carbocycles. The average Bonchev–Trinajstić information content (AvgIpc) is 2.56. The molecule has 0 spiro atoms. The fourth-order valence-electron chi connectivity index (χ4n) is 0.770. The highest BCUT2D eigenvalue weighted by Gasteiger charge is 1.58. The van der Waals surface area contributed by atoms with Crippen molar-refractivity contribution < 1.29 is 0 Å². The first-order valence-electron chi connectivity index (χ1n) is 7.41. The molecule has 0 unspecified atom stereocenters. The highest BCUT2D eigenvalue weighted by Crippen LogP contribution is 1.80. The molecule has 0 saturated heterocycles. The van der Waals surface area contributed by atoms with Crippen LogP contribution in [0.5, 0.6) is 0 Å². The first-order valence-corrected chi connectivity index (χ1v) is 7.41. The van der Waals surface area contributed by atoms with Gasteiger partial charge in [0.1, 0.15) is 0 Å². The lowest BCUT2D eigenvalue weighted by Crippen LogP contribution is -1.47. The van der Waals surface area contributed by atoms with E-state index < -0.39 is 0 Å². The molecule has 0 heteroatoms. The van der Waals surface area contributed by atoms with Crippen molar-refractivity contribution in [1.29, 1.82) is 0 Å². The van der Waals surface area contributed by atoms with Crippen molar-refractivity contribution >= 4 is 0 Å². The Morgan fingerprint density at radius 3 is 0.500 bits per heavy atom. The first-order chi connectivity index (χ1) is 9.41. The summed E-state index contributed by atoms with van der Waals surface area (Å²) >= 11 is 0. The quantitative estimate of drug-likeness (QED) is 0.468. The van der Waals surface area contributed by atoms with E-state index in [1.807, 2.05) is 100 Å². The van der Waals surface area contributed by atoms with Crippen molar-refractivity contribution in [2.45, 2.75) is 55.4 Å². The van der Waals surface area contributed by atoms with E-state index in [1.165, 1.54) is 6.42 Å². The summed E-state index contributed by atoms with van der Waals surface area (Å²) in [6.45, 7) is 12.2. The predicted molar refractivity (Wildman–Crippen MR) is 98.3 cm³/mol. The third-order valence-corrected chi connectivity index (χ3v) is 1.33. The number of hydrogen-bond acceptors (Lipinski definition) is 0. The predicted octanol–water partition coefficient (Wildman–Crippen LogP) is 7.48. The van der Waals surface area contributed by atoms with Crippen LogP contribution in [0.1, 0.15) is 55.4 Å². The van der Waals surface area contributed by atoms with E-state index >= 15 is 0 Å². The van der Waals surface area contributed by atoms with Crippen LogP contribution in [0.15, 0.2) is 72.8 Å². The summed E-state index contributed by atoms with van der Waals surface area (Å²) in [5, 5.41) is 0. The van der Waals surface area contributed by atoms with Crippen LogP contribution >= 0.6 is 0 Å². The molecule has 0 radical (unpaired) electrons. The maximum Gasteiger partial charge on any atom is -0.0590 e. The van der Waals surface area contributed by atoms with Crippen LogP contribution in [0, 0.1) is 0 Å². The van der Waals surface area contributed by atoms with Crippen molar-refractivity contribution in [3.8, 4) is 0 Å². The zero-order valence-corrected chi connectivity index (χ0v) is 13.6. The SMILES string of the molecule is C.CC.CC.CCC.c1ccccc1.c1ccccc1. The van der Waals surface area contributed by atoms with Crippen LogP contribution in [0.4, 0.5) is 0 Å². The smallest absolute Gasteiger partial charge is 0.0590 e. The monoisotopic (exact) mass is 276 g/mol. The van der Waals surface area contributed by atoms with Crippen molar-refractivity contribution in [1.82, 2.24) is 0 Å². The molecule has 116 valence electrons. The summed E-state index contributed by atoms with van der Waals surface area (Å²) in [6, 6.07) is 24.0. The Labute approximate surface area is 128 Å². The second-order valence-corrected chi connectivity index (χ2v) is 3.02. The third-order valence-electron chi connectivity index (χ3n) is 1.33. The summed E-state index contributed by atoms with van der Waals surface area (Å²) < 4.78 is 0. The van der Waals surface area contributed by atoms with E-state index in [0.29, 0.717) is 0 Å². The Kier molecular flexibility index (Phi) is 48.4. The standard InChI is InChI=1S/2C6H6.C3H8.2C2H6.CH4/c2*1-2-4-6-5-3-1;1-3-2;2*1-2;/h2*1-6H;3H2,1-2H3;2*1-2H3;1H4. The fraction of sp³-hybridized carbons (Fsp3) is 0.400. The topological polar surface area (TPSA) is 0 Å². The van der Waals surface area contributed by atoms with E-state index in [4.69, 9.17) is 0 Å². The molecule has 20 heavy (non-hydrogen) atoms. The van der Waals surface area contributed by atoms with Crippen LogP contribution in [0.25, 0.3) is 0 Å². The van der Waals surface area contributed by atoms with E-state index in [9.17, 15) is 0 Å². The van der Waals surface area contributed by atoms with E-state index in [0.717, 1.165) is 0 Å². The molecule has 0 aliphatic carbocycles. The minimum absolute atomic E-state index is 0. The molecule has 0 N–H and O–H groups in total. The Balaban J connectivity index is -0.0000000869. The van der Waals surface area contributed by atoms with Gasteiger partial charge in [-0.05, 0) is 0 Å². The summed E-state index contributed by atoms with van der Waals surface area (Å²) in [5.41, 5.74) is 0. The van der Waals surface area contributed by atoms with Crippen molar-refractivity contribution in [3.63, 3.8) is 0 Å². The summed E-state index contributed by atoms with van der Waals surface area (Å²) in [5.74, 6) is 0. The molecular formula is C20H36. The first kappa shape index (κ1) is 26.9. The number of hydrogen-bond donors (Lipinski definition) is 0. The van der Waals surface area contributed by atoms with Gasteiger partial charge in [-0.3, -0.25) is 0 Å².